The fourth-order valence-corrected chi connectivity index (χ4v) is 1.21. The molecular weight excluding hydrogens is 160 g/mol. The molecule has 0 spiro atoms. The van der Waals surface area contributed by atoms with Crippen LogP contribution in [0.4, 0.5) is 5.69 Å². The van der Waals surface area contributed by atoms with Crippen LogP contribution in [0.3, 0.4) is 0 Å². The SMILES string of the molecule is CC=NCc1ccccc1NCC. The highest BCUT2D eigenvalue weighted by Crippen LogP contribution is 2.15. The Balaban J connectivity index is 2.77. The predicted octanol–water partition coefficient (Wildman–Crippen LogP) is 2.71. The molecule has 0 radical (unpaired) electrons. The summed E-state index contributed by atoms with van der Waals surface area (Å²) in [6, 6.07) is 8.27. The maximum atomic E-state index is 4.22. The molecule has 1 aromatic rings. The van der Waals surface area contributed by atoms with Gasteiger partial charge in [0.2, 0.25) is 0 Å². The summed E-state index contributed by atoms with van der Waals surface area (Å²) in [5.74, 6) is 0. The van der Waals surface area contributed by atoms with Crippen molar-refractivity contribution in [2.75, 3.05) is 11.9 Å². The number of nitrogens with one attached hydrogen (secondary N) is 1. The first-order valence-corrected chi connectivity index (χ1v) is 4.64. The molecular formula is C11H16N2. The van der Waals surface area contributed by atoms with Gasteiger partial charge < -0.3 is 5.32 Å². The molecule has 1 aromatic carbocycles. The van der Waals surface area contributed by atoms with E-state index in [0.29, 0.717) is 0 Å². The van der Waals surface area contributed by atoms with E-state index in [4.69, 9.17) is 0 Å². The summed E-state index contributed by atoms with van der Waals surface area (Å²) in [7, 11) is 0. The fraction of sp³-hybridized carbons (Fsp3) is 0.364. The second-order valence-corrected chi connectivity index (χ2v) is 2.79. The van der Waals surface area contributed by atoms with Crippen molar-refractivity contribution in [2.24, 2.45) is 4.99 Å². The number of nitrogens with zero attached hydrogens (tertiary/aromatic N) is 1. The first-order valence-electron chi connectivity index (χ1n) is 4.64. The molecule has 0 atom stereocenters. The van der Waals surface area contributed by atoms with Crippen molar-refractivity contribution in [3.63, 3.8) is 0 Å². The van der Waals surface area contributed by atoms with Gasteiger partial charge in [-0.1, -0.05) is 18.2 Å². The lowest BCUT2D eigenvalue weighted by Gasteiger charge is -2.07. The highest BCUT2D eigenvalue weighted by atomic mass is 14.9. The minimum absolute atomic E-state index is 0.764. The second kappa shape index (κ2) is 5.36. The Bertz CT molecular complexity index is 279. The smallest absolute Gasteiger partial charge is 0.0655 e. The van der Waals surface area contributed by atoms with E-state index in [1.165, 1.54) is 11.3 Å². The standard InChI is InChI=1S/C11H16N2/c1-3-12-9-10-7-5-6-8-11(10)13-4-2/h3,5-8,13H,4,9H2,1-2H3. The van der Waals surface area contributed by atoms with Gasteiger partial charge in [-0.05, 0) is 31.7 Å². The zero-order valence-electron chi connectivity index (χ0n) is 8.25. The third kappa shape index (κ3) is 2.90. The molecule has 0 amide bonds. The third-order valence-electron chi connectivity index (χ3n) is 1.83. The molecule has 1 N–H and O–H groups in total. The highest BCUT2D eigenvalue weighted by Gasteiger charge is 1.97. The summed E-state index contributed by atoms with van der Waals surface area (Å²) in [4.78, 5) is 4.22. The largest absolute Gasteiger partial charge is 0.385 e. The molecule has 0 bridgehead atoms. The molecule has 0 aliphatic rings. The van der Waals surface area contributed by atoms with Crippen LogP contribution < -0.4 is 5.32 Å². The summed E-state index contributed by atoms with van der Waals surface area (Å²) in [5, 5.41) is 3.31. The summed E-state index contributed by atoms with van der Waals surface area (Å²) >= 11 is 0. The van der Waals surface area contributed by atoms with Gasteiger partial charge in [0.1, 0.15) is 0 Å². The zero-order chi connectivity index (χ0) is 9.52. The van der Waals surface area contributed by atoms with Crippen molar-refractivity contribution in [3.8, 4) is 0 Å². The Hall–Kier alpha value is -1.31. The Morgan fingerprint density at radius 2 is 2.15 bits per heavy atom. The van der Waals surface area contributed by atoms with Gasteiger partial charge in [0, 0.05) is 12.2 Å². The number of hydrogen-bond donors (Lipinski definition) is 1. The maximum absolute atomic E-state index is 4.22. The van der Waals surface area contributed by atoms with Crippen LogP contribution in [-0.2, 0) is 6.54 Å². The van der Waals surface area contributed by atoms with Crippen LogP contribution in [0.15, 0.2) is 29.3 Å². The number of rotatable bonds is 4. The number of para-hydroxylation sites is 1. The van der Waals surface area contributed by atoms with Crippen LogP contribution in [0.2, 0.25) is 0 Å². The van der Waals surface area contributed by atoms with Crippen LogP contribution in [0.5, 0.6) is 0 Å². The number of benzene rings is 1. The van der Waals surface area contributed by atoms with Crippen molar-refractivity contribution in [1.29, 1.82) is 0 Å². The Kier molecular flexibility index (Phi) is 4.03. The molecule has 13 heavy (non-hydrogen) atoms. The molecule has 2 nitrogen and oxygen atoms in total. The molecule has 2 heteroatoms. The summed E-state index contributed by atoms with van der Waals surface area (Å²) in [5.41, 5.74) is 2.44. The lowest BCUT2D eigenvalue weighted by Crippen LogP contribution is -1.99. The third-order valence-corrected chi connectivity index (χ3v) is 1.83. The van der Waals surface area contributed by atoms with Gasteiger partial charge in [-0.3, -0.25) is 4.99 Å². The van der Waals surface area contributed by atoms with Crippen molar-refractivity contribution in [3.05, 3.63) is 29.8 Å². The van der Waals surface area contributed by atoms with E-state index < -0.39 is 0 Å². The first kappa shape index (κ1) is 9.78. The Morgan fingerprint density at radius 3 is 2.85 bits per heavy atom. The number of anilines is 1. The lowest BCUT2D eigenvalue weighted by atomic mass is 10.2. The summed E-state index contributed by atoms with van der Waals surface area (Å²) in [6.07, 6.45) is 1.84. The van der Waals surface area contributed by atoms with E-state index in [1.54, 1.807) is 0 Å². The van der Waals surface area contributed by atoms with Gasteiger partial charge in [-0.2, -0.15) is 0 Å². The molecule has 0 aliphatic carbocycles. The van der Waals surface area contributed by atoms with Crippen molar-refractivity contribution in [1.82, 2.24) is 0 Å². The van der Waals surface area contributed by atoms with Crippen LogP contribution >= 0.6 is 0 Å². The maximum Gasteiger partial charge on any atom is 0.0655 e. The van der Waals surface area contributed by atoms with Crippen molar-refractivity contribution < 1.29 is 0 Å². The van der Waals surface area contributed by atoms with E-state index in [0.717, 1.165) is 13.1 Å². The van der Waals surface area contributed by atoms with Gasteiger partial charge >= 0.3 is 0 Å². The molecule has 0 heterocycles. The van der Waals surface area contributed by atoms with Crippen LogP contribution in [-0.4, -0.2) is 12.8 Å². The van der Waals surface area contributed by atoms with Crippen LogP contribution in [0.25, 0.3) is 0 Å². The van der Waals surface area contributed by atoms with E-state index in [9.17, 15) is 0 Å². The van der Waals surface area contributed by atoms with Gasteiger partial charge in [0.05, 0.1) is 6.54 Å². The van der Waals surface area contributed by atoms with Gasteiger partial charge in [-0.15, -0.1) is 0 Å². The monoisotopic (exact) mass is 176 g/mol. The van der Waals surface area contributed by atoms with Crippen LogP contribution in [0, 0.1) is 0 Å². The molecule has 70 valence electrons. The Labute approximate surface area is 79.7 Å². The second-order valence-electron chi connectivity index (χ2n) is 2.79. The highest BCUT2D eigenvalue weighted by molar-refractivity contribution is 5.55. The lowest BCUT2D eigenvalue weighted by molar-refractivity contribution is 1.06. The fourth-order valence-electron chi connectivity index (χ4n) is 1.21. The predicted molar refractivity (Wildman–Crippen MR) is 58.5 cm³/mol. The van der Waals surface area contributed by atoms with Gasteiger partial charge in [0.25, 0.3) is 0 Å². The van der Waals surface area contributed by atoms with E-state index in [1.807, 2.05) is 25.3 Å². The molecule has 0 aromatic heterocycles. The Morgan fingerprint density at radius 1 is 1.38 bits per heavy atom. The molecule has 0 saturated carbocycles. The molecule has 0 unspecified atom stereocenters. The molecule has 0 aliphatic heterocycles. The van der Waals surface area contributed by atoms with E-state index >= 15 is 0 Å². The number of aliphatic imine (C=N–C) groups is 1. The van der Waals surface area contributed by atoms with E-state index in [-0.39, 0.29) is 0 Å². The molecule has 0 saturated heterocycles. The zero-order valence-corrected chi connectivity index (χ0v) is 8.25. The van der Waals surface area contributed by atoms with Gasteiger partial charge in [0.15, 0.2) is 0 Å². The van der Waals surface area contributed by atoms with Crippen LogP contribution in [0.1, 0.15) is 19.4 Å². The molecule has 0 fully saturated rings. The quantitative estimate of drug-likeness (QED) is 0.701. The average Bonchev–Trinajstić information content (AvgIpc) is 2.17. The average molecular weight is 176 g/mol. The minimum Gasteiger partial charge on any atom is -0.385 e. The van der Waals surface area contributed by atoms with Gasteiger partial charge in [-0.25, -0.2) is 0 Å². The van der Waals surface area contributed by atoms with E-state index in [2.05, 4.69) is 29.4 Å². The van der Waals surface area contributed by atoms with Crippen molar-refractivity contribution >= 4 is 11.9 Å². The molecule has 1 rings (SSSR count). The first-order chi connectivity index (χ1) is 6.38. The normalized spacial score (nSPS) is 10.6. The summed E-state index contributed by atoms with van der Waals surface area (Å²) in [6.45, 7) is 5.75. The topological polar surface area (TPSA) is 24.4 Å². The minimum atomic E-state index is 0.764. The summed E-state index contributed by atoms with van der Waals surface area (Å²) < 4.78 is 0. The van der Waals surface area contributed by atoms with Crippen molar-refractivity contribution in [2.45, 2.75) is 20.4 Å². The number of hydrogen-bond acceptors (Lipinski definition) is 2.